The molecule has 0 radical (unpaired) electrons. The van der Waals surface area contributed by atoms with Crippen LogP contribution in [0.3, 0.4) is 0 Å². The van der Waals surface area contributed by atoms with Gasteiger partial charge in [0.05, 0.1) is 31.3 Å². The molecule has 8 nitrogen and oxygen atoms in total. The molecule has 1 aliphatic heterocycles. The molecule has 1 amide bonds. The monoisotopic (exact) mass is 329 g/mol. The van der Waals surface area contributed by atoms with Crippen molar-refractivity contribution < 1.29 is 22.1 Å². The molecule has 0 saturated carbocycles. The summed E-state index contributed by atoms with van der Waals surface area (Å²) in [5.41, 5.74) is 0. The van der Waals surface area contributed by atoms with Crippen LogP contribution >= 0.6 is 0 Å². The third kappa shape index (κ3) is 4.57. The van der Waals surface area contributed by atoms with Crippen LogP contribution in [0.2, 0.25) is 0 Å². The molecule has 0 spiro atoms. The Hall–Kier alpha value is -1.87. The van der Waals surface area contributed by atoms with Crippen LogP contribution in [-0.2, 0) is 25.6 Å². The molecule has 0 N–H and O–H groups in total. The molecule has 1 aliphatic rings. The van der Waals surface area contributed by atoms with Crippen LogP contribution in [-0.4, -0.2) is 60.5 Å². The molecule has 0 unspecified atom stereocenters. The fourth-order valence-corrected chi connectivity index (χ4v) is 3.07. The van der Waals surface area contributed by atoms with Crippen LogP contribution < -0.4 is 0 Å². The van der Waals surface area contributed by atoms with Crippen molar-refractivity contribution >= 4 is 16.2 Å². The lowest BCUT2D eigenvalue weighted by Gasteiger charge is -2.23. The summed E-state index contributed by atoms with van der Waals surface area (Å²) < 4.78 is 34.4. The number of imidazole rings is 1. The SMILES string of the molecule is C=CCOC(=O)N1C[C@H](OS(C)(=O)=O)C[C@H]1Cn1ccnc1. The first-order valence-electron chi connectivity index (χ1n) is 6.77. The Morgan fingerprint density at radius 1 is 1.55 bits per heavy atom. The zero-order valence-corrected chi connectivity index (χ0v) is 13.1. The molecule has 2 rings (SSSR count). The highest BCUT2D eigenvalue weighted by molar-refractivity contribution is 7.86. The van der Waals surface area contributed by atoms with Gasteiger partial charge in [0, 0.05) is 18.9 Å². The van der Waals surface area contributed by atoms with E-state index in [1.807, 2.05) is 4.57 Å². The highest BCUT2D eigenvalue weighted by Gasteiger charge is 2.38. The number of carbonyl (C=O) groups excluding carboxylic acids is 1. The van der Waals surface area contributed by atoms with Crippen LogP contribution in [0.4, 0.5) is 4.79 Å². The van der Waals surface area contributed by atoms with Gasteiger partial charge in [0.2, 0.25) is 0 Å². The number of aromatic nitrogens is 2. The molecule has 0 aliphatic carbocycles. The molecule has 1 aromatic rings. The van der Waals surface area contributed by atoms with Gasteiger partial charge in [-0.2, -0.15) is 8.42 Å². The van der Waals surface area contributed by atoms with Gasteiger partial charge in [0.25, 0.3) is 10.1 Å². The second-order valence-corrected chi connectivity index (χ2v) is 6.69. The largest absolute Gasteiger partial charge is 0.445 e. The van der Waals surface area contributed by atoms with Gasteiger partial charge in [-0.15, -0.1) is 0 Å². The van der Waals surface area contributed by atoms with Crippen molar-refractivity contribution in [3.05, 3.63) is 31.4 Å². The highest BCUT2D eigenvalue weighted by Crippen LogP contribution is 2.24. The topological polar surface area (TPSA) is 90.7 Å². The van der Waals surface area contributed by atoms with E-state index in [1.54, 1.807) is 18.7 Å². The fraction of sp³-hybridized carbons (Fsp3) is 0.538. The molecular formula is C13H19N3O5S. The van der Waals surface area contributed by atoms with Crippen molar-refractivity contribution in [3.63, 3.8) is 0 Å². The van der Waals surface area contributed by atoms with E-state index in [9.17, 15) is 13.2 Å². The van der Waals surface area contributed by atoms with Gasteiger partial charge in [-0.25, -0.2) is 9.78 Å². The van der Waals surface area contributed by atoms with Gasteiger partial charge >= 0.3 is 6.09 Å². The van der Waals surface area contributed by atoms with Crippen molar-refractivity contribution in [1.82, 2.24) is 14.5 Å². The Balaban J connectivity index is 2.07. The second-order valence-electron chi connectivity index (χ2n) is 5.09. The van der Waals surface area contributed by atoms with Crippen LogP contribution in [0.1, 0.15) is 6.42 Å². The van der Waals surface area contributed by atoms with E-state index in [-0.39, 0.29) is 19.2 Å². The number of hydrogen-bond donors (Lipinski definition) is 0. The number of rotatable bonds is 6. The normalized spacial score (nSPS) is 21.8. The van der Waals surface area contributed by atoms with Gasteiger partial charge in [-0.05, 0) is 6.42 Å². The summed E-state index contributed by atoms with van der Waals surface area (Å²) in [6.45, 7) is 4.25. The molecule has 1 aromatic heterocycles. The summed E-state index contributed by atoms with van der Waals surface area (Å²) in [4.78, 5) is 17.5. The third-order valence-corrected chi connectivity index (χ3v) is 3.85. The smallest absolute Gasteiger partial charge is 0.410 e. The summed E-state index contributed by atoms with van der Waals surface area (Å²) in [6.07, 6.45) is 6.86. The quantitative estimate of drug-likeness (QED) is 0.561. The number of carbonyl (C=O) groups is 1. The van der Waals surface area contributed by atoms with Crippen LogP contribution in [0.5, 0.6) is 0 Å². The molecule has 1 saturated heterocycles. The minimum atomic E-state index is -3.57. The van der Waals surface area contributed by atoms with E-state index in [0.29, 0.717) is 13.0 Å². The molecule has 2 atom stereocenters. The van der Waals surface area contributed by atoms with Crippen LogP contribution in [0, 0.1) is 0 Å². The minimum Gasteiger partial charge on any atom is -0.445 e. The first-order chi connectivity index (χ1) is 10.4. The molecule has 9 heteroatoms. The summed E-state index contributed by atoms with van der Waals surface area (Å²) in [6, 6.07) is -0.224. The molecule has 22 heavy (non-hydrogen) atoms. The zero-order valence-electron chi connectivity index (χ0n) is 12.3. The van der Waals surface area contributed by atoms with Crippen LogP contribution in [0.25, 0.3) is 0 Å². The van der Waals surface area contributed by atoms with Gasteiger partial charge in [0.15, 0.2) is 0 Å². The minimum absolute atomic E-state index is 0.102. The number of ether oxygens (including phenoxy) is 1. The van der Waals surface area contributed by atoms with Gasteiger partial charge in [0.1, 0.15) is 6.61 Å². The maximum atomic E-state index is 12.1. The standard InChI is InChI=1S/C13H19N3O5S/c1-3-6-20-13(17)16-9-12(21-22(2,18)19)7-11(16)8-15-5-4-14-10-15/h3-5,10-12H,1,6-9H2,2H3/t11-,12+/m0/s1. The first kappa shape index (κ1) is 16.5. The predicted molar refractivity (Wildman–Crippen MR) is 78.6 cm³/mol. The maximum Gasteiger partial charge on any atom is 0.410 e. The summed E-state index contributed by atoms with van der Waals surface area (Å²) >= 11 is 0. The van der Waals surface area contributed by atoms with Gasteiger partial charge in [-0.1, -0.05) is 12.7 Å². The highest BCUT2D eigenvalue weighted by atomic mass is 32.2. The number of hydrogen-bond acceptors (Lipinski definition) is 6. The molecule has 2 heterocycles. The maximum absolute atomic E-state index is 12.1. The molecule has 0 aromatic carbocycles. The van der Waals surface area contributed by atoms with Crippen molar-refractivity contribution in [2.24, 2.45) is 0 Å². The third-order valence-electron chi connectivity index (χ3n) is 3.23. The lowest BCUT2D eigenvalue weighted by Crippen LogP contribution is -2.38. The van der Waals surface area contributed by atoms with E-state index in [1.165, 1.54) is 11.0 Å². The van der Waals surface area contributed by atoms with Gasteiger partial charge in [-0.3, -0.25) is 4.18 Å². The fourth-order valence-electron chi connectivity index (χ4n) is 2.44. The van der Waals surface area contributed by atoms with Gasteiger partial charge < -0.3 is 14.2 Å². The van der Waals surface area contributed by atoms with E-state index < -0.39 is 22.3 Å². The summed E-state index contributed by atoms with van der Waals surface area (Å²) in [5.74, 6) is 0. The summed E-state index contributed by atoms with van der Waals surface area (Å²) in [7, 11) is -3.57. The Morgan fingerprint density at radius 3 is 2.91 bits per heavy atom. The molecule has 122 valence electrons. The van der Waals surface area contributed by atoms with Crippen molar-refractivity contribution in [1.29, 1.82) is 0 Å². The van der Waals surface area contributed by atoms with E-state index in [2.05, 4.69) is 11.6 Å². The van der Waals surface area contributed by atoms with E-state index in [4.69, 9.17) is 8.92 Å². The first-order valence-corrected chi connectivity index (χ1v) is 8.59. The Bertz CT molecular complexity index is 614. The van der Waals surface area contributed by atoms with Crippen molar-refractivity contribution in [2.75, 3.05) is 19.4 Å². The Labute approximate surface area is 129 Å². The lowest BCUT2D eigenvalue weighted by molar-refractivity contribution is 0.102. The van der Waals surface area contributed by atoms with Crippen molar-refractivity contribution in [3.8, 4) is 0 Å². The second kappa shape index (κ2) is 6.93. The average Bonchev–Trinajstić information content (AvgIpc) is 3.04. The summed E-state index contributed by atoms with van der Waals surface area (Å²) in [5, 5.41) is 0. The lowest BCUT2D eigenvalue weighted by atomic mass is 10.2. The Kier molecular flexibility index (Phi) is 5.19. The Morgan fingerprint density at radius 2 is 2.32 bits per heavy atom. The number of nitrogens with zero attached hydrogens (tertiary/aromatic N) is 3. The number of amides is 1. The molecule has 1 fully saturated rings. The van der Waals surface area contributed by atoms with E-state index in [0.717, 1.165) is 6.26 Å². The average molecular weight is 329 g/mol. The molecular weight excluding hydrogens is 310 g/mol. The predicted octanol–water partition coefficient (Wildman–Crippen LogP) is 0.625. The molecule has 0 bridgehead atoms. The van der Waals surface area contributed by atoms with E-state index >= 15 is 0 Å². The number of likely N-dealkylation sites (tertiary alicyclic amines) is 1. The van der Waals surface area contributed by atoms with Crippen LogP contribution in [0.15, 0.2) is 31.4 Å². The zero-order chi connectivity index (χ0) is 16.2. The van der Waals surface area contributed by atoms with Crippen molar-refractivity contribution in [2.45, 2.75) is 25.1 Å².